The van der Waals surface area contributed by atoms with Gasteiger partial charge in [0.2, 0.25) is 0 Å². The highest BCUT2D eigenvalue weighted by Crippen LogP contribution is 2.32. The number of thiophene rings is 1. The first-order valence-electron chi connectivity index (χ1n) is 5.01. The Morgan fingerprint density at radius 2 is 1.78 bits per heavy atom. The van der Waals surface area contributed by atoms with Crippen LogP contribution in [0.3, 0.4) is 0 Å². The summed E-state index contributed by atoms with van der Waals surface area (Å²) in [6.45, 7) is 0. The highest BCUT2D eigenvalue weighted by molar-refractivity contribution is 7.91. The lowest BCUT2D eigenvalue weighted by atomic mass is 10.1. The lowest BCUT2D eigenvalue weighted by Gasteiger charge is -2.02. The summed E-state index contributed by atoms with van der Waals surface area (Å²) in [6, 6.07) is 7.71. The molecule has 0 saturated heterocycles. The zero-order valence-corrected chi connectivity index (χ0v) is 11.1. The summed E-state index contributed by atoms with van der Waals surface area (Å²) >= 11 is 1.32. The summed E-state index contributed by atoms with van der Waals surface area (Å²) in [4.78, 5) is 11.6. The van der Waals surface area contributed by atoms with Crippen LogP contribution in [0.1, 0.15) is 10.4 Å². The van der Waals surface area contributed by atoms with Crippen LogP contribution < -0.4 is 0 Å². The second-order valence-electron chi connectivity index (χ2n) is 3.77. The van der Waals surface area contributed by atoms with Crippen molar-refractivity contribution in [2.24, 2.45) is 0 Å². The summed E-state index contributed by atoms with van der Waals surface area (Å²) in [5.41, 5.74) is 0.881. The van der Waals surface area contributed by atoms with Gasteiger partial charge in [-0.25, -0.2) is 13.2 Å². The largest absolute Gasteiger partial charge is 0.478 e. The lowest BCUT2D eigenvalue weighted by Crippen LogP contribution is -1.97. The average Bonchev–Trinajstić information content (AvgIpc) is 2.77. The molecule has 1 aromatic heterocycles. The predicted octanol–water partition coefficient (Wildman–Crippen LogP) is 2.52. The van der Waals surface area contributed by atoms with Gasteiger partial charge in [-0.15, -0.1) is 11.3 Å². The smallest absolute Gasteiger partial charge is 0.335 e. The van der Waals surface area contributed by atoms with E-state index in [2.05, 4.69) is 0 Å². The number of rotatable bonds is 3. The van der Waals surface area contributed by atoms with Crippen molar-refractivity contribution in [3.63, 3.8) is 0 Å². The zero-order chi connectivity index (χ0) is 13.3. The van der Waals surface area contributed by atoms with Crippen molar-refractivity contribution < 1.29 is 18.3 Å². The van der Waals surface area contributed by atoms with Gasteiger partial charge < -0.3 is 5.11 Å². The SMILES string of the molecule is CS(=O)(=O)c1ccsc1-c1ccc(C(=O)O)cc1. The second kappa shape index (κ2) is 4.55. The molecule has 0 radical (unpaired) electrons. The minimum atomic E-state index is -3.27. The third kappa shape index (κ3) is 2.44. The summed E-state index contributed by atoms with van der Waals surface area (Å²) in [6.07, 6.45) is 1.16. The molecule has 0 aliphatic carbocycles. The average molecular weight is 282 g/mol. The van der Waals surface area contributed by atoms with E-state index in [0.717, 1.165) is 6.26 Å². The highest BCUT2D eigenvalue weighted by Gasteiger charge is 2.16. The van der Waals surface area contributed by atoms with E-state index in [1.807, 2.05) is 0 Å². The molecular formula is C12H10O4S2. The molecule has 1 heterocycles. The molecule has 0 amide bonds. The van der Waals surface area contributed by atoms with E-state index in [-0.39, 0.29) is 10.5 Å². The number of carbonyl (C=O) groups is 1. The van der Waals surface area contributed by atoms with Gasteiger partial charge >= 0.3 is 5.97 Å². The van der Waals surface area contributed by atoms with Crippen LogP contribution >= 0.6 is 11.3 Å². The Morgan fingerprint density at radius 1 is 1.17 bits per heavy atom. The molecule has 0 bridgehead atoms. The van der Waals surface area contributed by atoms with Crippen LogP contribution in [0.15, 0.2) is 40.6 Å². The van der Waals surface area contributed by atoms with E-state index in [4.69, 9.17) is 5.11 Å². The number of carboxylic acids is 1. The van der Waals surface area contributed by atoms with Gasteiger partial charge in [-0.3, -0.25) is 0 Å². The number of hydrogen-bond donors (Lipinski definition) is 1. The van der Waals surface area contributed by atoms with Gasteiger partial charge in [0, 0.05) is 6.26 Å². The molecule has 0 aliphatic heterocycles. The van der Waals surface area contributed by atoms with E-state index in [1.54, 1.807) is 23.6 Å². The molecule has 0 unspecified atom stereocenters. The molecule has 4 nitrogen and oxygen atoms in total. The lowest BCUT2D eigenvalue weighted by molar-refractivity contribution is 0.0697. The maximum atomic E-state index is 11.6. The number of carboxylic acid groups (broad SMARTS) is 1. The number of hydrogen-bond acceptors (Lipinski definition) is 4. The first kappa shape index (κ1) is 12.8. The van der Waals surface area contributed by atoms with Crippen LogP contribution in [-0.4, -0.2) is 25.7 Å². The fraction of sp³-hybridized carbons (Fsp3) is 0.0833. The third-order valence-electron chi connectivity index (χ3n) is 2.42. The van der Waals surface area contributed by atoms with Gasteiger partial charge in [-0.2, -0.15) is 0 Å². The van der Waals surface area contributed by atoms with Gasteiger partial charge in [0.15, 0.2) is 9.84 Å². The van der Waals surface area contributed by atoms with Gasteiger partial charge in [0.1, 0.15) is 0 Å². The molecule has 0 spiro atoms. The second-order valence-corrected chi connectivity index (χ2v) is 6.67. The molecule has 94 valence electrons. The molecule has 18 heavy (non-hydrogen) atoms. The van der Waals surface area contributed by atoms with Crippen molar-refractivity contribution in [1.82, 2.24) is 0 Å². The fourth-order valence-corrected chi connectivity index (χ4v) is 3.82. The first-order valence-corrected chi connectivity index (χ1v) is 7.78. The summed E-state index contributed by atoms with van der Waals surface area (Å²) < 4.78 is 23.2. The van der Waals surface area contributed by atoms with E-state index >= 15 is 0 Å². The van der Waals surface area contributed by atoms with Crippen LogP contribution in [0.25, 0.3) is 10.4 Å². The minimum Gasteiger partial charge on any atom is -0.478 e. The minimum absolute atomic E-state index is 0.177. The monoisotopic (exact) mass is 282 g/mol. The molecule has 6 heteroatoms. The Labute approximate surface area is 108 Å². The van der Waals surface area contributed by atoms with E-state index in [1.165, 1.54) is 23.5 Å². The Hall–Kier alpha value is -1.66. The Kier molecular flexibility index (Phi) is 3.23. The van der Waals surface area contributed by atoms with Crippen LogP contribution in [0.2, 0.25) is 0 Å². The maximum Gasteiger partial charge on any atom is 0.335 e. The van der Waals surface area contributed by atoms with Crippen molar-refractivity contribution in [3.8, 4) is 10.4 Å². The first-order chi connectivity index (χ1) is 8.39. The molecular weight excluding hydrogens is 272 g/mol. The van der Waals surface area contributed by atoms with Crippen LogP contribution in [0, 0.1) is 0 Å². The molecule has 2 aromatic rings. The molecule has 2 rings (SSSR count). The summed E-state index contributed by atoms with van der Waals surface area (Å²) in [5.74, 6) is -1.00. The van der Waals surface area contributed by atoms with Gasteiger partial charge in [-0.05, 0) is 29.1 Å². The number of benzene rings is 1. The molecule has 0 aliphatic rings. The number of aromatic carboxylic acids is 1. The molecule has 1 aromatic carbocycles. The van der Waals surface area contributed by atoms with Gasteiger partial charge in [0.25, 0.3) is 0 Å². The molecule has 1 N–H and O–H groups in total. The van der Waals surface area contributed by atoms with Crippen molar-refractivity contribution >= 4 is 27.1 Å². The molecule has 0 saturated carbocycles. The Morgan fingerprint density at radius 3 is 2.28 bits per heavy atom. The standard InChI is InChI=1S/C12H10O4S2/c1-18(15,16)10-6-7-17-11(10)8-2-4-9(5-3-8)12(13)14/h2-7H,1H3,(H,13,14). The van der Waals surface area contributed by atoms with Crippen LogP contribution in [0.4, 0.5) is 0 Å². The van der Waals surface area contributed by atoms with Crippen LogP contribution in [0.5, 0.6) is 0 Å². The number of sulfone groups is 1. The van der Waals surface area contributed by atoms with E-state index in [0.29, 0.717) is 10.4 Å². The molecule has 0 fully saturated rings. The predicted molar refractivity (Wildman–Crippen MR) is 69.8 cm³/mol. The zero-order valence-electron chi connectivity index (χ0n) is 9.45. The quantitative estimate of drug-likeness (QED) is 0.939. The van der Waals surface area contributed by atoms with Crippen LogP contribution in [-0.2, 0) is 9.84 Å². The highest BCUT2D eigenvalue weighted by atomic mass is 32.2. The summed E-state index contributed by atoms with van der Waals surface area (Å²) in [7, 11) is -3.27. The van der Waals surface area contributed by atoms with Crippen molar-refractivity contribution in [3.05, 3.63) is 41.3 Å². The van der Waals surface area contributed by atoms with E-state index in [9.17, 15) is 13.2 Å². The Balaban J connectivity index is 2.50. The van der Waals surface area contributed by atoms with Crippen molar-refractivity contribution in [1.29, 1.82) is 0 Å². The van der Waals surface area contributed by atoms with Gasteiger partial charge in [0.05, 0.1) is 15.3 Å². The van der Waals surface area contributed by atoms with Crippen molar-refractivity contribution in [2.45, 2.75) is 4.90 Å². The Bertz CT molecular complexity index is 681. The molecule has 0 atom stereocenters. The van der Waals surface area contributed by atoms with Crippen molar-refractivity contribution in [2.75, 3.05) is 6.26 Å². The maximum absolute atomic E-state index is 11.6. The van der Waals surface area contributed by atoms with Gasteiger partial charge in [-0.1, -0.05) is 12.1 Å². The topological polar surface area (TPSA) is 71.4 Å². The summed E-state index contributed by atoms with van der Waals surface area (Å²) in [5, 5.41) is 10.5. The third-order valence-corrected chi connectivity index (χ3v) is 4.65. The van der Waals surface area contributed by atoms with E-state index < -0.39 is 15.8 Å². The normalized spacial score (nSPS) is 11.4. The fourth-order valence-electron chi connectivity index (χ4n) is 1.56.